The monoisotopic (exact) mass is 310 g/mol. The quantitative estimate of drug-likeness (QED) is 0.784. The molecule has 0 spiro atoms. The summed E-state index contributed by atoms with van der Waals surface area (Å²) in [6, 6.07) is 1.92. The zero-order chi connectivity index (χ0) is 15.1. The topological polar surface area (TPSA) is 95.4 Å². The van der Waals surface area contributed by atoms with Gasteiger partial charge in [-0.2, -0.15) is 0 Å². The van der Waals surface area contributed by atoms with Gasteiger partial charge >= 0.3 is 5.97 Å². The van der Waals surface area contributed by atoms with E-state index in [1.54, 1.807) is 18.5 Å². The van der Waals surface area contributed by atoms with E-state index in [1.807, 2.05) is 0 Å². The molecular formula is C13H18N4O3S. The van der Waals surface area contributed by atoms with Gasteiger partial charge in [0, 0.05) is 31.5 Å². The number of carboxylic acids is 1. The first-order valence-corrected chi connectivity index (χ1v) is 7.91. The fraction of sp³-hybridized carbons (Fsp3) is 0.538. The van der Waals surface area contributed by atoms with Crippen molar-refractivity contribution in [3.63, 3.8) is 0 Å². The van der Waals surface area contributed by atoms with E-state index in [4.69, 9.17) is 5.11 Å². The van der Waals surface area contributed by atoms with Crippen LogP contribution in [-0.2, 0) is 9.59 Å². The number of anilines is 1. The summed E-state index contributed by atoms with van der Waals surface area (Å²) in [6.45, 7) is 1.61. The lowest BCUT2D eigenvalue weighted by Crippen LogP contribution is -2.45. The molecule has 21 heavy (non-hydrogen) atoms. The van der Waals surface area contributed by atoms with Crippen molar-refractivity contribution < 1.29 is 14.7 Å². The predicted octanol–water partition coefficient (Wildman–Crippen LogP) is 0.379. The van der Waals surface area contributed by atoms with E-state index in [0.717, 1.165) is 43.6 Å². The lowest BCUT2D eigenvalue weighted by atomic mass is 10.1. The second kappa shape index (κ2) is 7.82. The normalized spacial score (nSPS) is 15.7. The molecule has 0 aromatic carbocycles. The molecule has 0 radical (unpaired) electrons. The molecule has 1 aliphatic heterocycles. The Hall–Kier alpha value is -1.83. The maximum atomic E-state index is 11.7. The fourth-order valence-corrected chi connectivity index (χ4v) is 2.72. The summed E-state index contributed by atoms with van der Waals surface area (Å²) < 4.78 is 0. The molecule has 2 heterocycles. The zero-order valence-corrected chi connectivity index (χ0v) is 12.4. The van der Waals surface area contributed by atoms with Crippen LogP contribution in [0.5, 0.6) is 0 Å². The molecule has 1 aromatic rings. The molecule has 7 nitrogen and oxygen atoms in total. The molecule has 1 fully saturated rings. The van der Waals surface area contributed by atoms with Crippen LogP contribution in [0.1, 0.15) is 12.8 Å². The van der Waals surface area contributed by atoms with Crippen molar-refractivity contribution in [2.24, 2.45) is 0 Å². The van der Waals surface area contributed by atoms with Gasteiger partial charge in [0.25, 0.3) is 0 Å². The van der Waals surface area contributed by atoms with E-state index in [9.17, 15) is 9.59 Å². The van der Waals surface area contributed by atoms with Crippen LogP contribution in [0.3, 0.4) is 0 Å². The average molecular weight is 310 g/mol. The molecule has 1 amide bonds. The van der Waals surface area contributed by atoms with E-state index < -0.39 is 5.97 Å². The highest BCUT2D eigenvalue weighted by atomic mass is 32.2. The van der Waals surface area contributed by atoms with Crippen LogP contribution in [-0.4, -0.2) is 57.6 Å². The van der Waals surface area contributed by atoms with Gasteiger partial charge in [-0.25, -0.2) is 9.97 Å². The summed E-state index contributed by atoms with van der Waals surface area (Å²) in [4.78, 5) is 32.6. The van der Waals surface area contributed by atoms with Gasteiger partial charge in [-0.15, -0.1) is 11.8 Å². The van der Waals surface area contributed by atoms with Crippen LogP contribution >= 0.6 is 11.8 Å². The number of thioether (sulfide) groups is 1. The molecule has 2 rings (SSSR count). The smallest absolute Gasteiger partial charge is 0.313 e. The molecule has 114 valence electrons. The first-order chi connectivity index (χ1) is 10.1. The highest BCUT2D eigenvalue weighted by Gasteiger charge is 2.21. The number of carboxylic acid groups (broad SMARTS) is 1. The number of hydrogen-bond donors (Lipinski definition) is 2. The summed E-state index contributed by atoms with van der Waals surface area (Å²) in [5.41, 5.74) is 0. The van der Waals surface area contributed by atoms with Crippen molar-refractivity contribution in [3.05, 3.63) is 18.5 Å². The molecule has 2 N–H and O–H groups in total. The van der Waals surface area contributed by atoms with Crippen LogP contribution < -0.4 is 10.2 Å². The SMILES string of the molecule is O=C(O)CSCC(=O)NC1CCN(c2ncccn2)CC1. The Bertz CT molecular complexity index is 478. The van der Waals surface area contributed by atoms with Crippen molar-refractivity contribution in [1.29, 1.82) is 0 Å². The molecule has 0 saturated carbocycles. The van der Waals surface area contributed by atoms with Gasteiger partial charge in [-0.05, 0) is 18.9 Å². The number of carbonyl (C=O) groups is 2. The van der Waals surface area contributed by atoms with Crippen molar-refractivity contribution in [2.75, 3.05) is 29.5 Å². The van der Waals surface area contributed by atoms with Gasteiger partial charge in [0.15, 0.2) is 0 Å². The molecule has 1 aromatic heterocycles. The Kier molecular flexibility index (Phi) is 5.79. The molecule has 1 saturated heterocycles. The Labute approximate surface area is 127 Å². The minimum Gasteiger partial charge on any atom is -0.481 e. The summed E-state index contributed by atoms with van der Waals surface area (Å²) in [5, 5.41) is 11.5. The van der Waals surface area contributed by atoms with E-state index in [1.165, 1.54) is 0 Å². The largest absolute Gasteiger partial charge is 0.481 e. The van der Waals surface area contributed by atoms with E-state index >= 15 is 0 Å². The summed E-state index contributed by atoms with van der Waals surface area (Å²) in [7, 11) is 0. The Balaban J connectivity index is 1.69. The third-order valence-corrected chi connectivity index (χ3v) is 4.07. The lowest BCUT2D eigenvalue weighted by Gasteiger charge is -2.32. The number of rotatable bonds is 6. The van der Waals surface area contributed by atoms with Crippen LogP contribution in [0, 0.1) is 0 Å². The average Bonchev–Trinajstić information content (AvgIpc) is 2.48. The van der Waals surface area contributed by atoms with Crippen molar-refractivity contribution in [2.45, 2.75) is 18.9 Å². The predicted molar refractivity (Wildman–Crippen MR) is 80.4 cm³/mol. The number of nitrogens with one attached hydrogen (secondary N) is 1. The maximum Gasteiger partial charge on any atom is 0.313 e. The van der Waals surface area contributed by atoms with Crippen molar-refractivity contribution in [3.8, 4) is 0 Å². The molecular weight excluding hydrogens is 292 g/mol. The third-order valence-electron chi connectivity index (χ3n) is 3.15. The number of hydrogen-bond acceptors (Lipinski definition) is 6. The zero-order valence-electron chi connectivity index (χ0n) is 11.6. The number of aromatic nitrogens is 2. The van der Waals surface area contributed by atoms with E-state index in [0.29, 0.717) is 0 Å². The number of carbonyl (C=O) groups excluding carboxylic acids is 1. The number of amides is 1. The first-order valence-electron chi connectivity index (χ1n) is 6.76. The van der Waals surface area contributed by atoms with Crippen molar-refractivity contribution >= 4 is 29.6 Å². The highest BCUT2D eigenvalue weighted by Crippen LogP contribution is 2.15. The van der Waals surface area contributed by atoms with E-state index in [-0.39, 0.29) is 23.5 Å². The minimum atomic E-state index is -0.899. The van der Waals surface area contributed by atoms with Crippen LogP contribution in [0.25, 0.3) is 0 Å². The standard InChI is InChI=1S/C13H18N4O3S/c18-11(8-21-9-12(19)20)16-10-2-6-17(7-3-10)13-14-4-1-5-15-13/h1,4-5,10H,2-3,6-9H2,(H,16,18)(H,19,20). The Morgan fingerprint density at radius 2 is 1.95 bits per heavy atom. The van der Waals surface area contributed by atoms with Crippen LogP contribution in [0.15, 0.2) is 18.5 Å². The second-order valence-electron chi connectivity index (χ2n) is 4.76. The molecule has 0 aliphatic carbocycles. The molecule has 0 atom stereocenters. The van der Waals surface area contributed by atoms with Gasteiger partial charge in [0.05, 0.1) is 11.5 Å². The summed E-state index contributed by atoms with van der Waals surface area (Å²) in [6.07, 6.45) is 5.12. The van der Waals surface area contributed by atoms with Gasteiger partial charge in [-0.1, -0.05) is 0 Å². The maximum absolute atomic E-state index is 11.7. The van der Waals surface area contributed by atoms with Crippen LogP contribution in [0.2, 0.25) is 0 Å². The van der Waals surface area contributed by atoms with Crippen LogP contribution in [0.4, 0.5) is 5.95 Å². The molecule has 1 aliphatic rings. The molecule has 8 heteroatoms. The van der Waals surface area contributed by atoms with E-state index in [2.05, 4.69) is 20.2 Å². The molecule has 0 unspecified atom stereocenters. The summed E-state index contributed by atoms with van der Waals surface area (Å²) >= 11 is 1.11. The Morgan fingerprint density at radius 1 is 1.29 bits per heavy atom. The number of piperidine rings is 1. The highest BCUT2D eigenvalue weighted by molar-refractivity contribution is 8.00. The van der Waals surface area contributed by atoms with Gasteiger partial charge in [-0.3, -0.25) is 9.59 Å². The third kappa shape index (κ3) is 5.22. The lowest BCUT2D eigenvalue weighted by molar-refractivity contribution is -0.133. The second-order valence-corrected chi connectivity index (χ2v) is 5.75. The first kappa shape index (κ1) is 15.6. The molecule has 0 bridgehead atoms. The number of nitrogens with zero attached hydrogens (tertiary/aromatic N) is 3. The summed E-state index contributed by atoms with van der Waals surface area (Å²) in [5.74, 6) is -0.134. The Morgan fingerprint density at radius 3 is 2.57 bits per heavy atom. The van der Waals surface area contributed by atoms with Gasteiger partial charge in [0.1, 0.15) is 0 Å². The minimum absolute atomic E-state index is 0.0444. The van der Waals surface area contributed by atoms with Crippen molar-refractivity contribution in [1.82, 2.24) is 15.3 Å². The van der Waals surface area contributed by atoms with Gasteiger partial charge in [0.2, 0.25) is 11.9 Å². The van der Waals surface area contributed by atoms with Gasteiger partial charge < -0.3 is 15.3 Å². The number of aliphatic carboxylic acids is 1. The fourth-order valence-electron chi connectivity index (χ4n) is 2.18.